The fourth-order valence-electron chi connectivity index (χ4n) is 2.75. The van der Waals surface area contributed by atoms with Gasteiger partial charge in [-0.3, -0.25) is 4.79 Å². The Morgan fingerprint density at radius 3 is 1.95 bits per heavy atom. The summed E-state index contributed by atoms with van der Waals surface area (Å²) < 4.78 is 0. The van der Waals surface area contributed by atoms with Crippen LogP contribution in [-0.2, 0) is 4.79 Å². The quantitative estimate of drug-likeness (QED) is 0.498. The van der Waals surface area contributed by atoms with Gasteiger partial charge in [0.05, 0.1) is 5.54 Å². The van der Waals surface area contributed by atoms with Crippen molar-refractivity contribution < 1.29 is 4.79 Å². The summed E-state index contributed by atoms with van der Waals surface area (Å²) in [6.07, 6.45) is 3.64. The van der Waals surface area contributed by atoms with Crippen molar-refractivity contribution in [3.8, 4) is 0 Å². The SMILES string of the molecule is C=CN=NN(C=C)C(C)(C)CC(C)(C)C(=O)C(C)(C)C. The van der Waals surface area contributed by atoms with Crippen LogP contribution in [-0.4, -0.2) is 16.3 Å². The Labute approximate surface area is 123 Å². The zero-order valence-electron chi connectivity index (χ0n) is 14.0. The molecule has 4 nitrogen and oxygen atoms in total. The van der Waals surface area contributed by atoms with Crippen molar-refractivity contribution in [1.29, 1.82) is 0 Å². The average Bonchev–Trinajstić information content (AvgIpc) is 2.26. The number of carbonyl (C=O) groups is 1. The molecule has 0 N–H and O–H groups in total. The lowest BCUT2D eigenvalue weighted by atomic mass is 9.69. The molecular weight excluding hydrogens is 250 g/mol. The predicted octanol–water partition coefficient (Wildman–Crippen LogP) is 4.75. The standard InChI is InChI=1S/C16H29N3O/c1-10-17-18-19(11-2)16(8,9)12-15(6,7)13(20)14(3,4)5/h10-11H,1-2,12H2,3-9H3. The van der Waals surface area contributed by atoms with E-state index in [1.807, 2.05) is 48.5 Å². The van der Waals surface area contributed by atoms with Gasteiger partial charge in [-0.2, -0.15) is 0 Å². The summed E-state index contributed by atoms with van der Waals surface area (Å²) in [5.74, 6) is 0.239. The molecular formula is C16H29N3O. The van der Waals surface area contributed by atoms with E-state index in [0.717, 1.165) is 0 Å². The van der Waals surface area contributed by atoms with Crippen LogP contribution in [0.1, 0.15) is 54.9 Å². The largest absolute Gasteiger partial charge is 0.299 e. The Kier molecular flexibility index (Phi) is 5.87. The minimum atomic E-state index is -0.452. The molecule has 4 heteroatoms. The number of carbonyl (C=O) groups excluding carboxylic acids is 1. The number of rotatable bonds is 7. The van der Waals surface area contributed by atoms with E-state index in [1.54, 1.807) is 11.2 Å². The summed E-state index contributed by atoms with van der Waals surface area (Å²) in [7, 11) is 0. The van der Waals surface area contributed by atoms with E-state index in [-0.39, 0.29) is 16.7 Å². The van der Waals surface area contributed by atoms with Gasteiger partial charge in [-0.1, -0.05) is 53.0 Å². The summed E-state index contributed by atoms with van der Waals surface area (Å²) in [5.41, 5.74) is -1.17. The summed E-state index contributed by atoms with van der Waals surface area (Å²) >= 11 is 0. The molecule has 0 radical (unpaired) electrons. The highest BCUT2D eigenvalue weighted by molar-refractivity contribution is 5.88. The smallest absolute Gasteiger partial charge is 0.143 e. The van der Waals surface area contributed by atoms with Crippen LogP contribution >= 0.6 is 0 Å². The van der Waals surface area contributed by atoms with Crippen LogP contribution in [0.2, 0.25) is 0 Å². The fraction of sp³-hybridized carbons (Fsp3) is 0.688. The Morgan fingerprint density at radius 1 is 1.10 bits per heavy atom. The first kappa shape index (κ1) is 18.6. The minimum Gasteiger partial charge on any atom is -0.299 e. The fourth-order valence-corrected chi connectivity index (χ4v) is 2.75. The van der Waals surface area contributed by atoms with Crippen molar-refractivity contribution in [3.63, 3.8) is 0 Å². The van der Waals surface area contributed by atoms with Gasteiger partial charge in [-0.05, 0) is 20.3 Å². The minimum absolute atomic E-state index is 0.239. The van der Waals surface area contributed by atoms with Crippen LogP contribution in [0.4, 0.5) is 0 Å². The highest BCUT2D eigenvalue weighted by atomic mass is 16.1. The van der Waals surface area contributed by atoms with Crippen molar-refractivity contribution in [2.24, 2.45) is 21.2 Å². The Hall–Kier alpha value is -1.45. The summed E-state index contributed by atoms with van der Waals surface area (Å²) in [6.45, 7) is 21.1. The van der Waals surface area contributed by atoms with E-state index in [0.29, 0.717) is 6.42 Å². The van der Waals surface area contributed by atoms with Gasteiger partial charge in [-0.15, -0.1) is 5.11 Å². The molecule has 0 unspecified atom stereocenters. The van der Waals surface area contributed by atoms with Crippen molar-refractivity contribution >= 4 is 5.78 Å². The number of nitrogens with zero attached hydrogens (tertiary/aromatic N) is 3. The highest BCUT2D eigenvalue weighted by Gasteiger charge is 2.41. The van der Waals surface area contributed by atoms with Gasteiger partial charge >= 0.3 is 0 Å². The van der Waals surface area contributed by atoms with Crippen LogP contribution < -0.4 is 0 Å². The van der Waals surface area contributed by atoms with Crippen molar-refractivity contribution in [3.05, 3.63) is 25.6 Å². The lowest BCUT2D eigenvalue weighted by Crippen LogP contribution is -2.45. The number of hydrogen-bond acceptors (Lipinski definition) is 3. The first-order valence-corrected chi connectivity index (χ1v) is 6.87. The lowest BCUT2D eigenvalue weighted by molar-refractivity contribution is -0.136. The number of ketones is 1. The maximum atomic E-state index is 12.6. The maximum absolute atomic E-state index is 12.6. The van der Waals surface area contributed by atoms with Gasteiger partial charge in [0.25, 0.3) is 0 Å². The maximum Gasteiger partial charge on any atom is 0.143 e. The van der Waals surface area contributed by atoms with Crippen molar-refractivity contribution in [2.75, 3.05) is 0 Å². The zero-order valence-corrected chi connectivity index (χ0v) is 14.0. The molecule has 0 saturated carbocycles. The van der Waals surface area contributed by atoms with Gasteiger partial charge in [0.2, 0.25) is 0 Å². The van der Waals surface area contributed by atoms with Crippen LogP contribution in [0.5, 0.6) is 0 Å². The third-order valence-corrected chi connectivity index (χ3v) is 3.19. The van der Waals surface area contributed by atoms with Gasteiger partial charge < -0.3 is 0 Å². The molecule has 0 heterocycles. The molecule has 0 rings (SSSR count). The van der Waals surface area contributed by atoms with E-state index >= 15 is 0 Å². The summed E-state index contributed by atoms with van der Waals surface area (Å²) in [5, 5.41) is 9.51. The molecule has 0 aliphatic carbocycles. The Balaban J connectivity index is 5.24. The molecule has 0 spiro atoms. The topological polar surface area (TPSA) is 45.0 Å². The molecule has 0 saturated heterocycles. The monoisotopic (exact) mass is 279 g/mol. The summed E-state index contributed by atoms with van der Waals surface area (Å²) in [6, 6.07) is 0. The van der Waals surface area contributed by atoms with Crippen LogP contribution in [0.15, 0.2) is 35.9 Å². The van der Waals surface area contributed by atoms with E-state index in [4.69, 9.17) is 0 Å². The third-order valence-electron chi connectivity index (χ3n) is 3.19. The molecule has 0 aliphatic rings. The molecule has 20 heavy (non-hydrogen) atoms. The molecule has 0 aromatic carbocycles. The first-order chi connectivity index (χ1) is 8.88. The molecule has 0 atom stereocenters. The van der Waals surface area contributed by atoms with Crippen LogP contribution in [0, 0.1) is 10.8 Å². The van der Waals surface area contributed by atoms with E-state index in [1.165, 1.54) is 6.20 Å². The second-order valence-electron chi connectivity index (χ2n) is 7.37. The first-order valence-electron chi connectivity index (χ1n) is 6.87. The Morgan fingerprint density at radius 2 is 1.60 bits per heavy atom. The predicted molar refractivity (Wildman–Crippen MR) is 84.0 cm³/mol. The van der Waals surface area contributed by atoms with Gasteiger partial charge in [0.1, 0.15) is 5.78 Å². The molecule has 0 aromatic rings. The lowest BCUT2D eigenvalue weighted by Gasteiger charge is -2.40. The highest BCUT2D eigenvalue weighted by Crippen LogP contribution is 2.38. The average molecular weight is 279 g/mol. The van der Waals surface area contributed by atoms with Gasteiger partial charge in [0, 0.05) is 23.2 Å². The second kappa shape index (κ2) is 6.33. The van der Waals surface area contributed by atoms with Crippen LogP contribution in [0.3, 0.4) is 0 Å². The van der Waals surface area contributed by atoms with Crippen LogP contribution in [0.25, 0.3) is 0 Å². The van der Waals surface area contributed by atoms with Crippen molar-refractivity contribution in [1.82, 2.24) is 5.01 Å². The van der Waals surface area contributed by atoms with E-state index < -0.39 is 5.41 Å². The zero-order chi connectivity index (χ0) is 16.2. The molecule has 114 valence electrons. The molecule has 0 amide bonds. The van der Waals surface area contributed by atoms with Crippen molar-refractivity contribution in [2.45, 2.75) is 60.4 Å². The third kappa shape index (κ3) is 4.91. The number of Topliss-reactive ketones (excluding diaryl/α,β-unsaturated/α-hetero) is 1. The van der Waals surface area contributed by atoms with E-state index in [9.17, 15) is 4.79 Å². The summed E-state index contributed by atoms with van der Waals surface area (Å²) in [4.78, 5) is 12.6. The Bertz CT molecular complexity index is 400. The number of hydrogen-bond donors (Lipinski definition) is 0. The molecule has 0 aliphatic heterocycles. The van der Waals surface area contributed by atoms with Gasteiger partial charge in [-0.25, -0.2) is 5.01 Å². The molecule has 0 fully saturated rings. The van der Waals surface area contributed by atoms with E-state index in [2.05, 4.69) is 23.5 Å². The molecule has 0 bridgehead atoms. The second-order valence-corrected chi connectivity index (χ2v) is 7.37. The molecule has 0 aromatic heterocycles. The van der Waals surface area contributed by atoms with Gasteiger partial charge in [0.15, 0.2) is 0 Å². The normalized spacial score (nSPS) is 13.3.